The maximum atomic E-state index is 13.1. The number of amides is 3. The normalized spacial score (nSPS) is 15.6. The van der Waals surface area contributed by atoms with Crippen molar-refractivity contribution in [2.75, 3.05) is 23.7 Å². The highest BCUT2D eigenvalue weighted by atomic mass is 32.2. The Labute approximate surface area is 181 Å². The quantitative estimate of drug-likeness (QED) is 0.713. The first-order chi connectivity index (χ1) is 14.6. The SMILES string of the molecule is CCN(CC(=O)Nc1ccccc1C(F)(F)F)C(=O)c1ccc2c(c1)NC(=O)[C@@H](C)S2. The van der Waals surface area contributed by atoms with Crippen LogP contribution >= 0.6 is 11.8 Å². The zero-order valence-corrected chi connectivity index (χ0v) is 17.6. The molecule has 0 saturated carbocycles. The molecule has 2 N–H and O–H groups in total. The maximum absolute atomic E-state index is 13.1. The average molecular weight is 451 g/mol. The average Bonchev–Trinajstić information content (AvgIpc) is 2.71. The largest absolute Gasteiger partial charge is 0.418 e. The number of anilines is 2. The molecule has 164 valence electrons. The molecule has 1 aliphatic rings. The van der Waals surface area contributed by atoms with Crippen LogP contribution in [-0.4, -0.2) is 41.0 Å². The number of halogens is 3. The first-order valence-corrected chi connectivity index (χ1v) is 10.3. The minimum Gasteiger partial charge on any atom is -0.330 e. The predicted molar refractivity (Wildman–Crippen MR) is 112 cm³/mol. The number of nitrogens with zero attached hydrogens (tertiary/aromatic N) is 1. The van der Waals surface area contributed by atoms with Crippen molar-refractivity contribution < 1.29 is 27.6 Å². The van der Waals surface area contributed by atoms with Crippen LogP contribution in [0.1, 0.15) is 29.8 Å². The molecule has 1 atom stereocenters. The molecule has 0 fully saturated rings. The molecule has 10 heteroatoms. The second kappa shape index (κ2) is 9.01. The van der Waals surface area contributed by atoms with Gasteiger partial charge >= 0.3 is 6.18 Å². The summed E-state index contributed by atoms with van der Waals surface area (Å²) in [5.74, 6) is -1.39. The molecule has 6 nitrogen and oxygen atoms in total. The van der Waals surface area contributed by atoms with Crippen molar-refractivity contribution >= 4 is 40.9 Å². The maximum Gasteiger partial charge on any atom is 0.418 e. The Morgan fingerprint density at radius 2 is 1.90 bits per heavy atom. The van der Waals surface area contributed by atoms with Gasteiger partial charge in [-0.2, -0.15) is 13.2 Å². The Morgan fingerprint density at radius 1 is 1.19 bits per heavy atom. The van der Waals surface area contributed by atoms with Crippen LogP contribution in [0.4, 0.5) is 24.5 Å². The molecule has 3 amide bonds. The third-order valence-corrected chi connectivity index (χ3v) is 5.84. The lowest BCUT2D eigenvalue weighted by Gasteiger charge is -2.24. The van der Waals surface area contributed by atoms with E-state index in [9.17, 15) is 27.6 Å². The van der Waals surface area contributed by atoms with E-state index in [0.717, 1.165) is 17.0 Å². The van der Waals surface area contributed by atoms with E-state index in [-0.39, 0.29) is 29.0 Å². The highest BCUT2D eigenvalue weighted by Crippen LogP contribution is 2.36. The number of hydrogen-bond donors (Lipinski definition) is 2. The van der Waals surface area contributed by atoms with E-state index in [4.69, 9.17) is 0 Å². The fourth-order valence-electron chi connectivity index (χ4n) is 3.05. The number of nitrogens with one attached hydrogen (secondary N) is 2. The van der Waals surface area contributed by atoms with Crippen molar-refractivity contribution in [1.82, 2.24) is 4.90 Å². The van der Waals surface area contributed by atoms with Crippen molar-refractivity contribution in [3.8, 4) is 0 Å². The van der Waals surface area contributed by atoms with Crippen LogP contribution < -0.4 is 10.6 Å². The van der Waals surface area contributed by atoms with Crippen LogP contribution in [0.2, 0.25) is 0 Å². The Kier molecular flexibility index (Phi) is 6.59. The zero-order valence-electron chi connectivity index (χ0n) is 16.7. The monoisotopic (exact) mass is 451 g/mol. The Hall–Kier alpha value is -3.01. The highest BCUT2D eigenvalue weighted by molar-refractivity contribution is 8.00. The molecular weight excluding hydrogens is 431 g/mol. The summed E-state index contributed by atoms with van der Waals surface area (Å²) in [6, 6.07) is 9.49. The summed E-state index contributed by atoms with van der Waals surface area (Å²) in [5, 5.41) is 4.73. The molecule has 31 heavy (non-hydrogen) atoms. The third kappa shape index (κ3) is 5.19. The van der Waals surface area contributed by atoms with Gasteiger partial charge in [0.1, 0.15) is 6.54 Å². The molecule has 0 bridgehead atoms. The summed E-state index contributed by atoms with van der Waals surface area (Å²) in [6.45, 7) is 3.18. The van der Waals surface area contributed by atoms with E-state index in [1.807, 2.05) is 0 Å². The summed E-state index contributed by atoms with van der Waals surface area (Å²) < 4.78 is 39.4. The molecule has 0 spiro atoms. The van der Waals surface area contributed by atoms with Crippen LogP contribution in [0, 0.1) is 0 Å². The number of benzene rings is 2. The molecule has 1 aliphatic heterocycles. The lowest BCUT2D eigenvalue weighted by Crippen LogP contribution is -2.38. The summed E-state index contributed by atoms with van der Waals surface area (Å²) in [6.07, 6.45) is -4.62. The molecule has 0 aliphatic carbocycles. The lowest BCUT2D eigenvalue weighted by molar-refractivity contribution is -0.137. The van der Waals surface area contributed by atoms with Gasteiger partial charge in [-0.3, -0.25) is 14.4 Å². The van der Waals surface area contributed by atoms with Crippen molar-refractivity contribution in [3.63, 3.8) is 0 Å². The number of alkyl halides is 3. The Balaban J connectivity index is 1.73. The van der Waals surface area contributed by atoms with E-state index in [2.05, 4.69) is 10.6 Å². The summed E-state index contributed by atoms with van der Waals surface area (Å²) in [4.78, 5) is 39.2. The van der Waals surface area contributed by atoms with E-state index in [1.165, 1.54) is 34.9 Å². The molecule has 1 heterocycles. The van der Waals surface area contributed by atoms with Crippen molar-refractivity contribution in [3.05, 3.63) is 53.6 Å². The van der Waals surface area contributed by atoms with Gasteiger partial charge in [0, 0.05) is 17.0 Å². The number of fused-ring (bicyclic) bond motifs is 1. The van der Waals surface area contributed by atoms with E-state index >= 15 is 0 Å². The Morgan fingerprint density at radius 3 is 2.58 bits per heavy atom. The summed E-state index contributed by atoms with van der Waals surface area (Å²) in [7, 11) is 0. The minimum absolute atomic E-state index is 0.169. The second-order valence-corrected chi connectivity index (χ2v) is 8.25. The molecular formula is C21H20F3N3O3S. The van der Waals surface area contributed by atoms with E-state index in [1.54, 1.807) is 26.0 Å². The van der Waals surface area contributed by atoms with Crippen LogP contribution in [0.25, 0.3) is 0 Å². The Bertz CT molecular complexity index is 1030. The summed E-state index contributed by atoms with van der Waals surface area (Å²) >= 11 is 1.38. The fourth-order valence-corrected chi connectivity index (χ4v) is 3.98. The van der Waals surface area contributed by atoms with E-state index in [0.29, 0.717) is 5.69 Å². The van der Waals surface area contributed by atoms with Crippen molar-refractivity contribution in [2.45, 2.75) is 30.2 Å². The number of hydrogen-bond acceptors (Lipinski definition) is 4. The molecule has 3 rings (SSSR count). The topological polar surface area (TPSA) is 78.5 Å². The number of thioether (sulfide) groups is 1. The van der Waals surface area contributed by atoms with Gasteiger partial charge in [-0.05, 0) is 44.2 Å². The number of carbonyl (C=O) groups excluding carboxylic acids is 3. The second-order valence-electron chi connectivity index (χ2n) is 6.87. The first-order valence-electron chi connectivity index (χ1n) is 9.47. The van der Waals surface area contributed by atoms with E-state index < -0.39 is 30.1 Å². The first kappa shape index (κ1) is 22.7. The van der Waals surface area contributed by atoms with Crippen LogP contribution in [-0.2, 0) is 15.8 Å². The molecule has 2 aromatic carbocycles. The lowest BCUT2D eigenvalue weighted by atomic mass is 10.1. The minimum atomic E-state index is -4.62. The van der Waals surface area contributed by atoms with Gasteiger partial charge < -0.3 is 15.5 Å². The highest BCUT2D eigenvalue weighted by Gasteiger charge is 2.33. The van der Waals surface area contributed by atoms with Crippen molar-refractivity contribution in [2.24, 2.45) is 0 Å². The smallest absolute Gasteiger partial charge is 0.330 e. The molecule has 0 saturated heterocycles. The van der Waals surface area contributed by atoms with Gasteiger partial charge in [-0.25, -0.2) is 0 Å². The van der Waals surface area contributed by atoms with Gasteiger partial charge in [0.15, 0.2) is 0 Å². The molecule has 0 radical (unpaired) electrons. The molecule has 0 aromatic heterocycles. The third-order valence-electron chi connectivity index (χ3n) is 4.67. The van der Waals surface area contributed by atoms with Crippen LogP contribution in [0.15, 0.2) is 47.4 Å². The number of rotatable bonds is 5. The standard InChI is InChI=1S/C21H20F3N3O3S/c1-3-27(11-18(28)25-15-7-5-4-6-14(15)21(22,23)24)20(30)13-8-9-17-16(10-13)26-19(29)12(2)31-17/h4-10,12H,3,11H2,1-2H3,(H,25,28)(H,26,29)/t12-/m1/s1. The van der Waals surface area contributed by atoms with Crippen LogP contribution in [0.5, 0.6) is 0 Å². The van der Waals surface area contributed by atoms with Gasteiger partial charge in [-0.15, -0.1) is 11.8 Å². The van der Waals surface area contributed by atoms with Gasteiger partial charge in [0.05, 0.1) is 22.2 Å². The zero-order chi connectivity index (χ0) is 22.8. The van der Waals surface area contributed by atoms with Crippen molar-refractivity contribution in [1.29, 1.82) is 0 Å². The fraction of sp³-hybridized carbons (Fsp3) is 0.286. The number of carbonyl (C=O) groups is 3. The predicted octanol–water partition coefficient (Wildman–Crippen LogP) is 4.24. The van der Waals surface area contributed by atoms with Crippen LogP contribution in [0.3, 0.4) is 0 Å². The summed E-state index contributed by atoms with van der Waals surface area (Å²) in [5.41, 5.74) is -0.556. The number of para-hydroxylation sites is 1. The molecule has 0 unspecified atom stereocenters. The van der Waals surface area contributed by atoms with Gasteiger partial charge in [0.25, 0.3) is 5.91 Å². The van der Waals surface area contributed by atoms with Gasteiger partial charge in [0.2, 0.25) is 11.8 Å². The van der Waals surface area contributed by atoms with Gasteiger partial charge in [-0.1, -0.05) is 12.1 Å². The molecule has 2 aromatic rings. The number of likely N-dealkylation sites (N-methyl/N-ethyl adjacent to an activating group) is 1.